The van der Waals surface area contributed by atoms with Crippen molar-refractivity contribution in [3.05, 3.63) is 0 Å². The molecule has 0 aromatic carbocycles. The van der Waals surface area contributed by atoms with E-state index in [4.69, 9.17) is 0 Å². The van der Waals surface area contributed by atoms with Gasteiger partial charge in [-0.25, -0.2) is 0 Å². The van der Waals surface area contributed by atoms with Crippen LogP contribution in [0.2, 0.25) is 0 Å². The highest BCUT2D eigenvalue weighted by atomic mass is 16.3. The Morgan fingerprint density at radius 1 is 1.30 bits per heavy atom. The number of nitrogens with one attached hydrogen (secondary N) is 1. The number of amides is 1. The smallest absolute Gasteiger partial charge is 0.239 e. The third-order valence-electron chi connectivity index (χ3n) is 4.80. The van der Waals surface area contributed by atoms with E-state index in [1.165, 1.54) is 6.42 Å². The first kappa shape index (κ1) is 17.4. The molecule has 4 nitrogen and oxygen atoms in total. The zero-order valence-electron chi connectivity index (χ0n) is 13.6. The molecule has 0 bridgehead atoms. The second kappa shape index (κ2) is 7.99. The van der Waals surface area contributed by atoms with Gasteiger partial charge in [-0.2, -0.15) is 0 Å². The van der Waals surface area contributed by atoms with Gasteiger partial charge in [-0.15, -0.1) is 0 Å². The zero-order chi connectivity index (χ0) is 15.2. The molecule has 0 aromatic heterocycles. The van der Waals surface area contributed by atoms with E-state index >= 15 is 0 Å². The van der Waals surface area contributed by atoms with Crippen molar-refractivity contribution in [2.45, 2.75) is 71.4 Å². The minimum absolute atomic E-state index is 0.126. The number of hydrogen-bond donors (Lipinski definition) is 2. The fraction of sp³-hybridized carbons (Fsp3) is 0.938. The Labute approximate surface area is 123 Å². The summed E-state index contributed by atoms with van der Waals surface area (Å²) in [5, 5.41) is 13.8. The Bertz CT molecular complexity index is 295. The maximum Gasteiger partial charge on any atom is 0.239 e. The number of aliphatic hydroxyl groups is 1. The van der Waals surface area contributed by atoms with Crippen LogP contribution in [0, 0.1) is 5.92 Å². The average molecular weight is 284 g/mol. The van der Waals surface area contributed by atoms with Crippen molar-refractivity contribution in [1.82, 2.24) is 10.2 Å². The molecule has 4 heteroatoms. The van der Waals surface area contributed by atoms with Crippen LogP contribution in [0.1, 0.15) is 59.8 Å². The van der Waals surface area contributed by atoms with Crippen molar-refractivity contribution in [2.24, 2.45) is 5.92 Å². The molecule has 2 N–H and O–H groups in total. The van der Waals surface area contributed by atoms with Crippen molar-refractivity contribution in [2.75, 3.05) is 19.6 Å². The van der Waals surface area contributed by atoms with E-state index in [-0.39, 0.29) is 11.9 Å². The van der Waals surface area contributed by atoms with E-state index in [0.717, 1.165) is 44.7 Å². The van der Waals surface area contributed by atoms with Crippen LogP contribution in [-0.4, -0.2) is 47.2 Å². The minimum Gasteiger partial charge on any atom is -0.389 e. The van der Waals surface area contributed by atoms with Crippen molar-refractivity contribution in [3.8, 4) is 0 Å². The van der Waals surface area contributed by atoms with Crippen molar-refractivity contribution >= 4 is 5.91 Å². The van der Waals surface area contributed by atoms with Gasteiger partial charge in [-0.05, 0) is 52.4 Å². The van der Waals surface area contributed by atoms with Crippen molar-refractivity contribution in [1.29, 1.82) is 0 Å². The first-order valence-electron chi connectivity index (χ1n) is 8.20. The van der Waals surface area contributed by atoms with Gasteiger partial charge in [0.05, 0.1) is 11.6 Å². The molecule has 1 saturated carbocycles. The second-order valence-corrected chi connectivity index (χ2v) is 6.19. The molecule has 1 aliphatic rings. The second-order valence-electron chi connectivity index (χ2n) is 6.19. The van der Waals surface area contributed by atoms with Crippen LogP contribution in [0.25, 0.3) is 0 Å². The standard InChI is InChI=1S/C16H32N2O2/c1-5-14-8-10-16(20,11-9-14)12-17-13(4)15(19)18(6-2)7-3/h13-14,17,20H,5-12H2,1-4H3. The number of carbonyl (C=O) groups excluding carboxylic acids is 1. The predicted octanol–water partition coefficient (Wildman–Crippen LogP) is 2.16. The first-order chi connectivity index (χ1) is 9.45. The highest BCUT2D eigenvalue weighted by Gasteiger charge is 2.33. The Hall–Kier alpha value is -0.610. The number of nitrogens with zero attached hydrogens (tertiary/aromatic N) is 1. The summed E-state index contributed by atoms with van der Waals surface area (Å²) in [6, 6.07) is -0.220. The Balaban J connectivity index is 2.40. The Kier molecular flexibility index (Phi) is 6.96. The normalized spacial score (nSPS) is 28.1. The van der Waals surface area contributed by atoms with Crippen LogP contribution < -0.4 is 5.32 Å². The van der Waals surface area contributed by atoms with Crippen molar-refractivity contribution in [3.63, 3.8) is 0 Å². The van der Waals surface area contributed by atoms with E-state index in [0.29, 0.717) is 6.54 Å². The van der Waals surface area contributed by atoms with Gasteiger partial charge in [-0.1, -0.05) is 13.3 Å². The van der Waals surface area contributed by atoms with E-state index in [2.05, 4.69) is 12.2 Å². The first-order valence-corrected chi connectivity index (χ1v) is 8.20. The van der Waals surface area contributed by atoms with Gasteiger partial charge in [0.25, 0.3) is 0 Å². The number of rotatable bonds is 7. The molecule has 0 aliphatic heterocycles. The topological polar surface area (TPSA) is 52.6 Å². The molecule has 0 spiro atoms. The monoisotopic (exact) mass is 284 g/mol. The lowest BCUT2D eigenvalue weighted by Crippen LogP contribution is -2.51. The van der Waals surface area contributed by atoms with Crippen LogP contribution in [0.15, 0.2) is 0 Å². The maximum absolute atomic E-state index is 12.2. The molecule has 118 valence electrons. The molecular formula is C16H32N2O2. The molecule has 1 atom stereocenters. The van der Waals surface area contributed by atoms with Gasteiger partial charge in [0, 0.05) is 19.6 Å². The molecule has 0 radical (unpaired) electrons. The largest absolute Gasteiger partial charge is 0.389 e. The lowest BCUT2D eigenvalue weighted by molar-refractivity contribution is -0.133. The van der Waals surface area contributed by atoms with E-state index < -0.39 is 5.60 Å². The van der Waals surface area contributed by atoms with E-state index in [1.807, 2.05) is 25.7 Å². The summed E-state index contributed by atoms with van der Waals surface area (Å²) in [7, 11) is 0. The fourth-order valence-corrected chi connectivity index (χ4v) is 3.04. The van der Waals surface area contributed by atoms with Crippen LogP contribution in [0.4, 0.5) is 0 Å². The summed E-state index contributed by atoms with van der Waals surface area (Å²) < 4.78 is 0. The molecule has 20 heavy (non-hydrogen) atoms. The van der Waals surface area contributed by atoms with Crippen LogP contribution >= 0.6 is 0 Å². The van der Waals surface area contributed by atoms with E-state index in [1.54, 1.807) is 0 Å². The molecular weight excluding hydrogens is 252 g/mol. The van der Waals surface area contributed by atoms with Crippen LogP contribution in [0.5, 0.6) is 0 Å². The Morgan fingerprint density at radius 2 is 1.85 bits per heavy atom. The van der Waals surface area contributed by atoms with Gasteiger partial charge in [-0.3, -0.25) is 4.79 Å². The fourth-order valence-electron chi connectivity index (χ4n) is 3.04. The molecule has 1 amide bonds. The van der Waals surface area contributed by atoms with Crippen LogP contribution in [-0.2, 0) is 4.79 Å². The molecule has 0 aromatic rings. The van der Waals surface area contributed by atoms with Gasteiger partial charge >= 0.3 is 0 Å². The van der Waals surface area contributed by atoms with Gasteiger partial charge in [0.1, 0.15) is 0 Å². The van der Waals surface area contributed by atoms with Crippen LogP contribution in [0.3, 0.4) is 0 Å². The number of hydrogen-bond acceptors (Lipinski definition) is 3. The Morgan fingerprint density at radius 3 is 2.30 bits per heavy atom. The van der Waals surface area contributed by atoms with Gasteiger partial charge in [0.2, 0.25) is 5.91 Å². The highest BCUT2D eigenvalue weighted by Crippen LogP contribution is 2.33. The highest BCUT2D eigenvalue weighted by molar-refractivity contribution is 5.81. The lowest BCUT2D eigenvalue weighted by Gasteiger charge is -2.37. The third kappa shape index (κ3) is 4.74. The third-order valence-corrected chi connectivity index (χ3v) is 4.80. The SMILES string of the molecule is CCC1CCC(O)(CNC(C)C(=O)N(CC)CC)CC1. The molecule has 1 rings (SSSR count). The predicted molar refractivity (Wildman–Crippen MR) is 82.6 cm³/mol. The maximum atomic E-state index is 12.2. The molecule has 1 fully saturated rings. The summed E-state index contributed by atoms with van der Waals surface area (Å²) >= 11 is 0. The minimum atomic E-state index is -0.622. The summed E-state index contributed by atoms with van der Waals surface area (Å²) in [6.07, 6.45) is 5.12. The summed E-state index contributed by atoms with van der Waals surface area (Å²) in [5.41, 5.74) is -0.622. The molecule has 0 saturated heterocycles. The molecule has 1 aliphatic carbocycles. The van der Waals surface area contributed by atoms with E-state index in [9.17, 15) is 9.90 Å². The number of likely N-dealkylation sites (N-methyl/N-ethyl adjacent to an activating group) is 1. The molecule has 1 unspecified atom stereocenters. The average Bonchev–Trinajstić information content (AvgIpc) is 2.47. The zero-order valence-corrected chi connectivity index (χ0v) is 13.6. The summed E-state index contributed by atoms with van der Waals surface area (Å²) in [4.78, 5) is 14.0. The van der Waals surface area contributed by atoms with Gasteiger partial charge < -0.3 is 15.3 Å². The van der Waals surface area contributed by atoms with Gasteiger partial charge in [0.15, 0.2) is 0 Å². The lowest BCUT2D eigenvalue weighted by atomic mass is 9.78. The summed E-state index contributed by atoms with van der Waals surface area (Å²) in [6.45, 7) is 10.1. The quantitative estimate of drug-likeness (QED) is 0.753. The molecule has 0 heterocycles. The summed E-state index contributed by atoms with van der Waals surface area (Å²) in [5.74, 6) is 0.894. The van der Waals surface area contributed by atoms with Crippen molar-refractivity contribution < 1.29 is 9.90 Å². The number of carbonyl (C=O) groups is 1.